The zero-order chi connectivity index (χ0) is 19.8. The Kier molecular flexibility index (Phi) is 14.2. The molecule has 5 heteroatoms. The van der Waals surface area contributed by atoms with Crippen LogP contribution in [0, 0.1) is 0 Å². The van der Waals surface area contributed by atoms with E-state index in [2.05, 4.69) is 45.0 Å². The van der Waals surface area contributed by atoms with E-state index in [9.17, 15) is 0 Å². The molecule has 0 spiro atoms. The molecule has 1 aromatic rings. The summed E-state index contributed by atoms with van der Waals surface area (Å²) in [6.45, 7) is 8.79. The van der Waals surface area contributed by atoms with Crippen molar-refractivity contribution in [2.75, 3.05) is 19.8 Å². The summed E-state index contributed by atoms with van der Waals surface area (Å²) in [5.41, 5.74) is 2.50. The maximum Gasteiger partial charge on any atom is 0.500 e. The summed E-state index contributed by atoms with van der Waals surface area (Å²) in [5, 5.41) is 0. The summed E-state index contributed by atoms with van der Waals surface area (Å²) in [4.78, 5) is 0. The highest BCUT2D eigenvalue weighted by Gasteiger charge is 2.40. The van der Waals surface area contributed by atoms with Gasteiger partial charge in [-0.2, -0.15) is 0 Å². The van der Waals surface area contributed by atoms with E-state index in [0.717, 1.165) is 82.8 Å². The molecule has 1 aromatic carbocycles. The average molecular weight is 415 g/mol. The number of benzene rings is 1. The van der Waals surface area contributed by atoms with Gasteiger partial charge >= 0.3 is 8.80 Å². The molecule has 156 valence electrons. The maximum absolute atomic E-state index is 6.31. The number of hydrogen-bond acceptors (Lipinski definition) is 3. The van der Waals surface area contributed by atoms with Crippen molar-refractivity contribution in [2.45, 2.75) is 84.1 Å². The fourth-order valence-electron chi connectivity index (χ4n) is 2.76. The molecular formula is C22H39ClO3Si. The summed E-state index contributed by atoms with van der Waals surface area (Å²) in [7, 11) is -2.60. The van der Waals surface area contributed by atoms with Crippen molar-refractivity contribution >= 4 is 20.4 Å². The number of halogens is 1. The van der Waals surface area contributed by atoms with Gasteiger partial charge in [0.15, 0.2) is 0 Å². The molecule has 0 saturated heterocycles. The van der Waals surface area contributed by atoms with Gasteiger partial charge in [0.1, 0.15) is 0 Å². The molecule has 0 unspecified atom stereocenters. The fourth-order valence-corrected chi connectivity index (χ4v) is 5.60. The van der Waals surface area contributed by atoms with Crippen LogP contribution < -0.4 is 0 Å². The molecule has 0 heterocycles. The number of aryl methyl sites for hydroxylation is 1. The minimum atomic E-state index is -2.60. The summed E-state index contributed by atoms with van der Waals surface area (Å²) < 4.78 is 18.9. The highest BCUT2D eigenvalue weighted by atomic mass is 35.5. The average Bonchev–Trinajstić information content (AvgIpc) is 2.69. The normalized spacial score (nSPS) is 11.9. The van der Waals surface area contributed by atoms with Gasteiger partial charge in [-0.15, -0.1) is 11.6 Å². The molecule has 0 aliphatic heterocycles. The van der Waals surface area contributed by atoms with Gasteiger partial charge in [0.25, 0.3) is 0 Å². The van der Waals surface area contributed by atoms with Gasteiger partial charge < -0.3 is 13.3 Å². The van der Waals surface area contributed by atoms with Crippen molar-refractivity contribution in [3.05, 3.63) is 35.4 Å². The SMILES string of the molecule is CCCCO[Si](CCCc1ccc(CCl)cc1)(OCCCC)OCCCC. The topological polar surface area (TPSA) is 27.7 Å². The third-order valence-corrected chi connectivity index (χ3v) is 7.79. The Labute approximate surface area is 173 Å². The minimum absolute atomic E-state index is 0.568. The van der Waals surface area contributed by atoms with Gasteiger partial charge in [0.05, 0.1) is 0 Å². The lowest BCUT2D eigenvalue weighted by Crippen LogP contribution is -2.46. The number of hydrogen-bond donors (Lipinski definition) is 0. The minimum Gasteiger partial charge on any atom is -0.373 e. The van der Waals surface area contributed by atoms with Crippen molar-refractivity contribution in [3.8, 4) is 0 Å². The number of rotatable bonds is 17. The molecule has 0 aliphatic rings. The van der Waals surface area contributed by atoms with Gasteiger partial charge in [-0.05, 0) is 43.2 Å². The van der Waals surface area contributed by atoms with E-state index in [4.69, 9.17) is 24.9 Å². The smallest absolute Gasteiger partial charge is 0.373 e. The van der Waals surface area contributed by atoms with Gasteiger partial charge in [0.2, 0.25) is 0 Å². The van der Waals surface area contributed by atoms with Crippen LogP contribution in [0.4, 0.5) is 0 Å². The molecule has 0 amide bonds. The van der Waals surface area contributed by atoms with Gasteiger partial charge in [-0.1, -0.05) is 64.3 Å². The zero-order valence-corrected chi connectivity index (χ0v) is 19.4. The first-order valence-electron chi connectivity index (χ1n) is 10.7. The predicted molar refractivity (Wildman–Crippen MR) is 117 cm³/mol. The summed E-state index contributed by atoms with van der Waals surface area (Å²) in [6, 6.07) is 9.46. The molecule has 0 fully saturated rings. The Bertz CT molecular complexity index is 441. The van der Waals surface area contributed by atoms with Crippen molar-refractivity contribution in [1.82, 2.24) is 0 Å². The monoisotopic (exact) mass is 414 g/mol. The van der Waals surface area contributed by atoms with E-state index in [-0.39, 0.29) is 0 Å². The van der Waals surface area contributed by atoms with Crippen molar-refractivity contribution in [3.63, 3.8) is 0 Å². The van der Waals surface area contributed by atoms with E-state index in [1.54, 1.807) is 0 Å². The quantitative estimate of drug-likeness (QED) is 0.160. The third-order valence-electron chi connectivity index (χ3n) is 4.59. The van der Waals surface area contributed by atoms with E-state index in [1.807, 2.05) is 0 Å². The molecule has 0 atom stereocenters. The molecule has 0 N–H and O–H groups in total. The molecule has 27 heavy (non-hydrogen) atoms. The number of alkyl halides is 1. The van der Waals surface area contributed by atoms with Crippen LogP contribution >= 0.6 is 11.6 Å². The first-order chi connectivity index (χ1) is 13.2. The summed E-state index contributed by atoms with van der Waals surface area (Å²) in [5.74, 6) is 0.568. The van der Waals surface area contributed by atoms with E-state index in [0.29, 0.717) is 5.88 Å². The number of unbranched alkanes of at least 4 members (excludes halogenated alkanes) is 3. The lowest BCUT2D eigenvalue weighted by molar-refractivity contribution is 0.0558. The van der Waals surface area contributed by atoms with E-state index < -0.39 is 8.80 Å². The summed E-state index contributed by atoms with van der Waals surface area (Å²) in [6.07, 6.45) is 8.60. The van der Waals surface area contributed by atoms with Crippen molar-refractivity contribution in [2.24, 2.45) is 0 Å². The molecule has 0 bridgehead atoms. The van der Waals surface area contributed by atoms with Crippen molar-refractivity contribution < 1.29 is 13.3 Å². The largest absolute Gasteiger partial charge is 0.500 e. The Balaban J connectivity index is 2.67. The molecule has 0 aromatic heterocycles. The second kappa shape index (κ2) is 15.5. The Hall–Kier alpha value is -0.393. The van der Waals surface area contributed by atoms with E-state index in [1.165, 1.54) is 5.56 Å². The molecule has 0 aliphatic carbocycles. The first kappa shape index (κ1) is 24.6. The fraction of sp³-hybridized carbons (Fsp3) is 0.727. The lowest BCUT2D eigenvalue weighted by Gasteiger charge is -2.30. The second-order valence-electron chi connectivity index (χ2n) is 7.09. The van der Waals surface area contributed by atoms with E-state index >= 15 is 0 Å². The molecule has 3 nitrogen and oxygen atoms in total. The van der Waals surface area contributed by atoms with Gasteiger partial charge in [0, 0.05) is 31.7 Å². The van der Waals surface area contributed by atoms with Gasteiger partial charge in [-0.25, -0.2) is 0 Å². The first-order valence-corrected chi connectivity index (χ1v) is 13.2. The van der Waals surface area contributed by atoms with Crippen LogP contribution in [0.2, 0.25) is 6.04 Å². The molecule has 0 radical (unpaired) electrons. The van der Waals surface area contributed by atoms with Crippen LogP contribution in [-0.2, 0) is 25.6 Å². The van der Waals surface area contributed by atoms with Crippen LogP contribution in [0.25, 0.3) is 0 Å². The van der Waals surface area contributed by atoms with Crippen molar-refractivity contribution in [1.29, 1.82) is 0 Å². The third kappa shape index (κ3) is 10.6. The standard InChI is InChI=1S/C22H39ClO3Si/c1-4-7-16-24-27(25-17-8-5-2,26-18-9-6-3)19-10-11-21-12-14-22(20-23)15-13-21/h12-15H,4-11,16-20H2,1-3H3. The zero-order valence-electron chi connectivity index (χ0n) is 17.6. The maximum atomic E-state index is 6.31. The second-order valence-corrected chi connectivity index (χ2v) is 10.1. The highest BCUT2D eigenvalue weighted by Crippen LogP contribution is 2.22. The van der Waals surface area contributed by atoms with Crippen LogP contribution in [0.5, 0.6) is 0 Å². The van der Waals surface area contributed by atoms with Crippen LogP contribution in [-0.4, -0.2) is 28.6 Å². The van der Waals surface area contributed by atoms with Crippen LogP contribution in [0.1, 0.15) is 76.8 Å². The molecule has 1 rings (SSSR count). The molecule has 0 saturated carbocycles. The summed E-state index contributed by atoms with van der Waals surface area (Å²) >= 11 is 5.88. The van der Waals surface area contributed by atoms with Crippen LogP contribution in [0.15, 0.2) is 24.3 Å². The Morgan fingerprint density at radius 2 is 1.15 bits per heavy atom. The highest BCUT2D eigenvalue weighted by molar-refractivity contribution is 6.60. The predicted octanol–water partition coefficient (Wildman–Crippen LogP) is 6.75. The van der Waals surface area contributed by atoms with Crippen LogP contribution in [0.3, 0.4) is 0 Å². The Morgan fingerprint density at radius 3 is 1.56 bits per heavy atom. The lowest BCUT2D eigenvalue weighted by atomic mass is 10.1. The molecular weight excluding hydrogens is 376 g/mol. The van der Waals surface area contributed by atoms with Gasteiger partial charge in [-0.3, -0.25) is 0 Å². The Morgan fingerprint density at radius 1 is 0.704 bits per heavy atom.